The molecule has 2 heterocycles. The third-order valence-electron chi connectivity index (χ3n) is 5.72. The molecule has 0 spiro atoms. The number of amides is 1. The second kappa shape index (κ2) is 9.89. The Labute approximate surface area is 203 Å². The van der Waals surface area contributed by atoms with Crippen LogP contribution in [0.2, 0.25) is 0 Å². The Morgan fingerprint density at radius 2 is 1.89 bits per heavy atom. The second-order valence-electron chi connectivity index (χ2n) is 8.10. The molecule has 35 heavy (non-hydrogen) atoms. The van der Waals surface area contributed by atoms with E-state index >= 15 is 0 Å². The van der Waals surface area contributed by atoms with Gasteiger partial charge in [0.1, 0.15) is 11.3 Å². The van der Waals surface area contributed by atoms with E-state index in [1.807, 2.05) is 45.9 Å². The zero-order chi connectivity index (χ0) is 25.1. The molecule has 1 N–H and O–H groups in total. The Hall–Kier alpha value is -4.33. The van der Waals surface area contributed by atoms with Gasteiger partial charge in [0.25, 0.3) is 0 Å². The van der Waals surface area contributed by atoms with Gasteiger partial charge in [-0.15, -0.1) is 0 Å². The van der Waals surface area contributed by atoms with E-state index in [0.29, 0.717) is 17.8 Å². The van der Waals surface area contributed by atoms with Gasteiger partial charge in [0.2, 0.25) is 0 Å². The zero-order valence-electron chi connectivity index (χ0n) is 20.3. The summed E-state index contributed by atoms with van der Waals surface area (Å²) < 4.78 is 18.0. The third kappa shape index (κ3) is 4.82. The van der Waals surface area contributed by atoms with Crippen molar-refractivity contribution < 1.29 is 23.5 Å². The van der Waals surface area contributed by atoms with Crippen molar-refractivity contribution in [1.82, 2.24) is 9.99 Å². The van der Waals surface area contributed by atoms with Crippen LogP contribution in [0.25, 0.3) is 16.7 Å². The van der Waals surface area contributed by atoms with Crippen LogP contribution in [0.5, 0.6) is 5.75 Å². The fraction of sp³-hybridized carbons (Fsp3) is 0.222. The number of aromatic nitrogens is 1. The molecule has 0 fully saturated rings. The molecular formula is C27H27N3O5. The number of ether oxygens (including phenoxy) is 2. The minimum absolute atomic E-state index is 0.164. The lowest BCUT2D eigenvalue weighted by Crippen LogP contribution is -2.16. The number of fused-ring (bicyclic) bond motifs is 1. The van der Waals surface area contributed by atoms with Crippen molar-refractivity contribution in [3.63, 3.8) is 0 Å². The Kier molecular flexibility index (Phi) is 6.73. The molecule has 0 atom stereocenters. The first kappa shape index (κ1) is 23.8. The van der Waals surface area contributed by atoms with Crippen LogP contribution >= 0.6 is 0 Å². The van der Waals surface area contributed by atoms with E-state index in [0.717, 1.165) is 39.3 Å². The SMILES string of the molecule is CCOc1ccc2oc(C(=O)N/N=C/c3cc(C)n(-c4ccc(C(=O)OC)cc4C)c3C)cc2c1. The van der Waals surface area contributed by atoms with Gasteiger partial charge in [0.15, 0.2) is 5.76 Å². The summed E-state index contributed by atoms with van der Waals surface area (Å²) in [5.41, 5.74) is 8.30. The zero-order valence-corrected chi connectivity index (χ0v) is 20.3. The summed E-state index contributed by atoms with van der Waals surface area (Å²) in [4.78, 5) is 24.4. The topological polar surface area (TPSA) is 95.1 Å². The summed E-state index contributed by atoms with van der Waals surface area (Å²) in [5.74, 6) is 0.0655. The summed E-state index contributed by atoms with van der Waals surface area (Å²) in [6.07, 6.45) is 1.60. The molecule has 1 amide bonds. The molecule has 4 rings (SSSR count). The molecule has 2 aromatic carbocycles. The molecule has 0 aliphatic heterocycles. The van der Waals surface area contributed by atoms with E-state index in [1.165, 1.54) is 7.11 Å². The van der Waals surface area contributed by atoms with Gasteiger partial charge in [-0.1, -0.05) is 0 Å². The van der Waals surface area contributed by atoms with Crippen molar-refractivity contribution in [2.75, 3.05) is 13.7 Å². The van der Waals surface area contributed by atoms with Gasteiger partial charge in [0.05, 0.1) is 25.5 Å². The maximum absolute atomic E-state index is 12.6. The lowest BCUT2D eigenvalue weighted by Gasteiger charge is -2.13. The maximum atomic E-state index is 12.6. The van der Waals surface area contributed by atoms with E-state index in [4.69, 9.17) is 13.9 Å². The molecule has 0 saturated carbocycles. The minimum atomic E-state index is -0.446. The van der Waals surface area contributed by atoms with Crippen molar-refractivity contribution in [2.45, 2.75) is 27.7 Å². The monoisotopic (exact) mass is 473 g/mol. The highest BCUT2D eigenvalue weighted by atomic mass is 16.5. The van der Waals surface area contributed by atoms with E-state index < -0.39 is 5.91 Å². The standard InChI is InChI=1S/C27H27N3O5/c1-6-34-22-8-10-24-20(13-22)14-25(35-24)26(31)29-28-15-21-12-17(3)30(18(21)4)23-9-7-19(11-16(23)2)27(32)33-5/h7-15H,6H2,1-5H3,(H,29,31)/b28-15+. The fourth-order valence-corrected chi connectivity index (χ4v) is 4.05. The number of nitrogens with one attached hydrogen (secondary N) is 1. The van der Waals surface area contributed by atoms with Crippen LogP contribution in [-0.2, 0) is 4.74 Å². The predicted octanol–water partition coefficient (Wildman–Crippen LogP) is 5.10. The van der Waals surface area contributed by atoms with Crippen LogP contribution in [-0.4, -0.2) is 36.4 Å². The highest BCUT2D eigenvalue weighted by Gasteiger charge is 2.15. The van der Waals surface area contributed by atoms with Crippen LogP contribution in [0.3, 0.4) is 0 Å². The number of rotatable bonds is 7. The molecular weight excluding hydrogens is 446 g/mol. The highest BCUT2D eigenvalue weighted by molar-refractivity contribution is 5.97. The lowest BCUT2D eigenvalue weighted by molar-refractivity contribution is 0.0600. The van der Waals surface area contributed by atoms with E-state index in [-0.39, 0.29) is 11.7 Å². The molecule has 0 bridgehead atoms. The molecule has 0 radical (unpaired) electrons. The van der Waals surface area contributed by atoms with Gasteiger partial charge < -0.3 is 18.5 Å². The molecule has 8 heteroatoms. The van der Waals surface area contributed by atoms with E-state index in [1.54, 1.807) is 36.5 Å². The van der Waals surface area contributed by atoms with Crippen molar-refractivity contribution >= 4 is 29.1 Å². The first-order chi connectivity index (χ1) is 16.8. The predicted molar refractivity (Wildman–Crippen MR) is 134 cm³/mol. The van der Waals surface area contributed by atoms with Gasteiger partial charge in [-0.25, -0.2) is 10.2 Å². The lowest BCUT2D eigenvalue weighted by atomic mass is 10.1. The summed E-state index contributed by atoms with van der Waals surface area (Å²) >= 11 is 0. The molecule has 0 unspecified atom stereocenters. The number of furan rings is 1. The molecule has 180 valence electrons. The number of hydrazone groups is 1. The Morgan fingerprint density at radius 3 is 2.60 bits per heavy atom. The van der Waals surface area contributed by atoms with Crippen LogP contribution in [0.4, 0.5) is 0 Å². The van der Waals surface area contributed by atoms with Crippen molar-refractivity contribution in [3.8, 4) is 11.4 Å². The summed E-state index contributed by atoms with van der Waals surface area (Å²) in [6, 6.07) is 14.5. The number of aryl methyl sites for hydroxylation is 2. The van der Waals surface area contributed by atoms with Crippen LogP contribution in [0.15, 0.2) is 58.0 Å². The van der Waals surface area contributed by atoms with E-state index in [2.05, 4.69) is 15.1 Å². The van der Waals surface area contributed by atoms with Gasteiger partial charge >= 0.3 is 11.9 Å². The largest absolute Gasteiger partial charge is 0.494 e. The first-order valence-electron chi connectivity index (χ1n) is 11.2. The van der Waals surface area contributed by atoms with Crippen molar-refractivity contribution in [1.29, 1.82) is 0 Å². The van der Waals surface area contributed by atoms with Crippen LogP contribution in [0.1, 0.15) is 50.4 Å². The quantitative estimate of drug-likeness (QED) is 0.229. The minimum Gasteiger partial charge on any atom is -0.494 e. The second-order valence-corrected chi connectivity index (χ2v) is 8.10. The van der Waals surface area contributed by atoms with Crippen molar-refractivity contribution in [2.24, 2.45) is 5.10 Å². The Bertz CT molecular complexity index is 1440. The van der Waals surface area contributed by atoms with Gasteiger partial charge in [-0.3, -0.25) is 4.79 Å². The van der Waals surface area contributed by atoms with Crippen molar-refractivity contribution in [3.05, 3.63) is 82.4 Å². The average molecular weight is 474 g/mol. The van der Waals surface area contributed by atoms with Gasteiger partial charge in [-0.05, 0) is 81.8 Å². The highest BCUT2D eigenvalue weighted by Crippen LogP contribution is 2.25. The molecule has 0 aliphatic carbocycles. The summed E-state index contributed by atoms with van der Waals surface area (Å²) in [6.45, 7) is 8.38. The van der Waals surface area contributed by atoms with Gasteiger partial charge in [-0.2, -0.15) is 5.10 Å². The fourth-order valence-electron chi connectivity index (χ4n) is 4.05. The average Bonchev–Trinajstić information content (AvgIpc) is 3.39. The maximum Gasteiger partial charge on any atom is 0.337 e. The van der Waals surface area contributed by atoms with Crippen LogP contribution in [0, 0.1) is 20.8 Å². The number of nitrogens with zero attached hydrogens (tertiary/aromatic N) is 2. The number of hydrogen-bond donors (Lipinski definition) is 1. The number of carbonyl (C=O) groups is 2. The molecule has 0 aliphatic rings. The molecule has 2 aromatic heterocycles. The molecule has 8 nitrogen and oxygen atoms in total. The Balaban J connectivity index is 1.51. The normalized spacial score (nSPS) is 11.2. The first-order valence-corrected chi connectivity index (χ1v) is 11.2. The molecule has 4 aromatic rings. The number of benzene rings is 2. The molecule has 0 saturated heterocycles. The van der Waals surface area contributed by atoms with Gasteiger partial charge in [0, 0.05) is 28.0 Å². The smallest absolute Gasteiger partial charge is 0.337 e. The van der Waals surface area contributed by atoms with Crippen LogP contribution < -0.4 is 10.2 Å². The number of methoxy groups -OCH3 is 1. The number of hydrogen-bond acceptors (Lipinski definition) is 6. The Morgan fingerprint density at radius 1 is 1.09 bits per heavy atom. The number of carbonyl (C=O) groups excluding carboxylic acids is 2. The van der Waals surface area contributed by atoms with E-state index in [9.17, 15) is 9.59 Å². The number of esters is 1. The summed E-state index contributed by atoms with van der Waals surface area (Å²) in [7, 11) is 1.36. The third-order valence-corrected chi connectivity index (χ3v) is 5.72. The summed E-state index contributed by atoms with van der Waals surface area (Å²) in [5, 5.41) is 4.91.